The quantitative estimate of drug-likeness (QED) is 0.534. The van der Waals surface area contributed by atoms with Crippen molar-refractivity contribution in [3.05, 3.63) is 34.7 Å². The summed E-state index contributed by atoms with van der Waals surface area (Å²) in [6.45, 7) is 0. The highest BCUT2D eigenvalue weighted by molar-refractivity contribution is 8.01. The summed E-state index contributed by atoms with van der Waals surface area (Å²) in [4.78, 5) is 17.9. The summed E-state index contributed by atoms with van der Waals surface area (Å²) >= 11 is 1.49. The molecule has 5 N–H and O–H groups in total. The highest BCUT2D eigenvalue weighted by Crippen LogP contribution is 2.38. The van der Waals surface area contributed by atoms with Gasteiger partial charge in [-0.1, -0.05) is 24.3 Å². The van der Waals surface area contributed by atoms with Crippen molar-refractivity contribution in [2.24, 2.45) is 5.73 Å². The van der Waals surface area contributed by atoms with Gasteiger partial charge in [0.25, 0.3) is 0 Å². The van der Waals surface area contributed by atoms with E-state index in [1.54, 1.807) is 0 Å². The highest BCUT2D eigenvalue weighted by atomic mass is 32.2. The number of thioether (sulfide) groups is 1. The van der Waals surface area contributed by atoms with Gasteiger partial charge in [0.15, 0.2) is 0 Å². The number of fused-ring (bicyclic) bond motifs is 2. The average Bonchev–Trinajstić information content (AvgIpc) is 2.77. The first-order valence-electron chi connectivity index (χ1n) is 6.09. The fourth-order valence-electron chi connectivity index (χ4n) is 2.44. The van der Waals surface area contributed by atoms with Crippen LogP contribution in [-0.4, -0.2) is 33.0 Å². The molecule has 0 aromatic heterocycles. The van der Waals surface area contributed by atoms with Gasteiger partial charge >= 0.3 is 7.60 Å². The Labute approximate surface area is 119 Å². The van der Waals surface area contributed by atoms with Crippen LogP contribution < -0.4 is 21.5 Å². The van der Waals surface area contributed by atoms with E-state index in [9.17, 15) is 4.57 Å². The topological polar surface area (TPSA) is 105 Å². The fraction of sp³-hybridized carbons (Fsp3) is 0.333. The lowest BCUT2D eigenvalue weighted by atomic mass is 10.0. The fourth-order valence-corrected chi connectivity index (χ4v) is 3.96. The van der Waals surface area contributed by atoms with E-state index in [1.165, 1.54) is 11.8 Å². The van der Waals surface area contributed by atoms with E-state index in [1.807, 2.05) is 30.3 Å². The number of benzene rings is 1. The van der Waals surface area contributed by atoms with Gasteiger partial charge in [-0.05, 0) is 11.3 Å². The highest BCUT2D eigenvalue weighted by Gasteiger charge is 2.36. The molecule has 0 bridgehead atoms. The normalized spacial score (nSPS) is 28.4. The summed E-state index contributed by atoms with van der Waals surface area (Å²) in [6, 6.07) is 7.81. The van der Waals surface area contributed by atoms with Crippen LogP contribution in [-0.2, 0) is 9.30 Å². The first-order chi connectivity index (χ1) is 9.44. The van der Waals surface area contributed by atoms with Gasteiger partial charge in [0, 0.05) is 10.9 Å². The Morgan fingerprint density at radius 3 is 2.90 bits per heavy atom. The van der Waals surface area contributed by atoms with E-state index in [4.69, 9.17) is 20.3 Å². The minimum Gasteiger partial charge on any atom is -0.363 e. The van der Waals surface area contributed by atoms with E-state index in [0.717, 1.165) is 16.1 Å². The van der Waals surface area contributed by atoms with E-state index in [-0.39, 0.29) is 10.7 Å². The zero-order chi connectivity index (χ0) is 14.3. The minimum absolute atomic E-state index is 0.0635. The molecule has 1 aliphatic carbocycles. The summed E-state index contributed by atoms with van der Waals surface area (Å²) in [7, 11) is -4.18. The third kappa shape index (κ3) is 2.79. The van der Waals surface area contributed by atoms with Gasteiger partial charge in [0.1, 0.15) is 11.8 Å². The first kappa shape index (κ1) is 14.1. The van der Waals surface area contributed by atoms with Crippen LogP contribution in [0.3, 0.4) is 0 Å². The molecule has 0 amide bonds. The van der Waals surface area contributed by atoms with Crippen LogP contribution in [0.4, 0.5) is 0 Å². The Morgan fingerprint density at radius 1 is 1.40 bits per heavy atom. The number of nitrogens with two attached hydrogens (primary N) is 1. The zero-order valence-electron chi connectivity index (χ0n) is 10.5. The van der Waals surface area contributed by atoms with Crippen molar-refractivity contribution in [3.8, 4) is 0 Å². The van der Waals surface area contributed by atoms with Crippen LogP contribution in [0.5, 0.6) is 0 Å². The molecule has 20 heavy (non-hydrogen) atoms. The lowest BCUT2D eigenvalue weighted by Gasteiger charge is -2.24. The second kappa shape index (κ2) is 5.18. The van der Waals surface area contributed by atoms with E-state index < -0.39 is 20.0 Å². The van der Waals surface area contributed by atoms with Crippen molar-refractivity contribution in [2.75, 3.05) is 6.35 Å². The molecular formula is C12H15N2O4PS. The molecule has 3 rings (SSSR count). The SMILES string of the molecule is NC1NC2=c3ccccc3=CC(OCP(=O)(O)O)C2S1. The molecule has 1 fully saturated rings. The van der Waals surface area contributed by atoms with E-state index in [2.05, 4.69) is 5.32 Å². The van der Waals surface area contributed by atoms with Gasteiger partial charge < -0.3 is 25.6 Å². The molecular weight excluding hydrogens is 299 g/mol. The monoisotopic (exact) mass is 314 g/mol. The van der Waals surface area contributed by atoms with Crippen LogP contribution >= 0.6 is 19.4 Å². The smallest absolute Gasteiger partial charge is 0.351 e. The summed E-state index contributed by atoms with van der Waals surface area (Å²) in [5.41, 5.74) is 6.63. The predicted molar refractivity (Wildman–Crippen MR) is 77.8 cm³/mol. The lowest BCUT2D eigenvalue weighted by Crippen LogP contribution is -2.43. The molecule has 3 atom stereocenters. The van der Waals surface area contributed by atoms with Crippen LogP contribution in [0.2, 0.25) is 0 Å². The van der Waals surface area contributed by atoms with Gasteiger partial charge in [-0.3, -0.25) is 4.57 Å². The molecule has 0 saturated carbocycles. The Kier molecular flexibility index (Phi) is 3.66. The Bertz CT molecular complexity index is 689. The van der Waals surface area contributed by atoms with Crippen molar-refractivity contribution in [1.29, 1.82) is 0 Å². The van der Waals surface area contributed by atoms with Crippen LogP contribution in [0.1, 0.15) is 0 Å². The van der Waals surface area contributed by atoms with Crippen molar-refractivity contribution in [2.45, 2.75) is 16.9 Å². The number of hydrogen-bond donors (Lipinski definition) is 4. The maximum Gasteiger partial charge on any atom is 0.351 e. The molecule has 6 nitrogen and oxygen atoms in total. The third-order valence-electron chi connectivity index (χ3n) is 3.20. The third-order valence-corrected chi connectivity index (χ3v) is 4.90. The standard InChI is InChI=1S/C12H15N2O4PS/c13-12-14-10-8-4-2-1-3-7(8)5-9(11(10)20-12)18-6-19(15,16)17/h1-5,9,11-12,14H,6,13H2,(H2,15,16,17). The second-order valence-corrected chi connectivity index (χ2v) is 7.59. The average molecular weight is 314 g/mol. The second-order valence-electron chi connectivity index (χ2n) is 4.71. The van der Waals surface area contributed by atoms with Gasteiger partial charge in [-0.15, -0.1) is 11.8 Å². The zero-order valence-corrected chi connectivity index (χ0v) is 12.2. The predicted octanol–water partition coefficient (Wildman–Crippen LogP) is -0.943. The Balaban J connectivity index is 1.99. The first-order valence-corrected chi connectivity index (χ1v) is 8.83. The maximum atomic E-state index is 11.0. The summed E-state index contributed by atoms with van der Waals surface area (Å²) in [6.07, 6.45) is 0.903. The van der Waals surface area contributed by atoms with Crippen LogP contribution in [0, 0.1) is 0 Å². The molecule has 0 radical (unpaired) electrons. The summed E-state index contributed by atoms with van der Waals surface area (Å²) in [5.74, 6) is 0. The lowest BCUT2D eigenvalue weighted by molar-refractivity contribution is 0.124. The van der Waals surface area contributed by atoms with Crippen LogP contribution in [0.15, 0.2) is 24.3 Å². The number of hydrogen-bond acceptors (Lipinski definition) is 5. The Hall–Kier alpha value is -0.820. The molecule has 1 aromatic carbocycles. The van der Waals surface area contributed by atoms with Crippen molar-refractivity contribution < 1.29 is 19.1 Å². The number of nitrogens with one attached hydrogen (secondary N) is 1. The minimum atomic E-state index is -4.18. The molecule has 3 unspecified atom stereocenters. The Morgan fingerprint density at radius 2 is 2.15 bits per heavy atom. The molecule has 1 heterocycles. The summed E-state index contributed by atoms with van der Waals surface area (Å²) < 4.78 is 16.4. The molecule has 1 saturated heterocycles. The van der Waals surface area contributed by atoms with Crippen molar-refractivity contribution in [3.63, 3.8) is 0 Å². The van der Waals surface area contributed by atoms with E-state index in [0.29, 0.717) is 0 Å². The number of ether oxygens (including phenoxy) is 1. The largest absolute Gasteiger partial charge is 0.363 e. The van der Waals surface area contributed by atoms with Gasteiger partial charge in [-0.2, -0.15) is 0 Å². The van der Waals surface area contributed by atoms with Gasteiger partial charge in [0.2, 0.25) is 0 Å². The molecule has 2 aliphatic rings. The van der Waals surface area contributed by atoms with Crippen LogP contribution in [0.25, 0.3) is 11.8 Å². The molecule has 1 aliphatic heterocycles. The van der Waals surface area contributed by atoms with Crippen molar-refractivity contribution >= 4 is 31.1 Å². The molecule has 8 heteroatoms. The summed E-state index contributed by atoms with van der Waals surface area (Å²) in [5, 5.41) is 5.19. The number of rotatable bonds is 3. The molecule has 108 valence electrons. The van der Waals surface area contributed by atoms with Crippen molar-refractivity contribution in [1.82, 2.24) is 5.32 Å². The van der Waals surface area contributed by atoms with E-state index >= 15 is 0 Å². The van der Waals surface area contributed by atoms with Gasteiger partial charge in [-0.25, -0.2) is 0 Å². The van der Waals surface area contributed by atoms with Gasteiger partial charge in [0.05, 0.1) is 11.4 Å². The molecule has 0 spiro atoms. The molecule has 1 aromatic rings. The maximum absolute atomic E-state index is 11.0.